The van der Waals surface area contributed by atoms with E-state index in [1.165, 1.54) is 0 Å². The summed E-state index contributed by atoms with van der Waals surface area (Å²) in [7, 11) is 1.68. The number of benzene rings is 1. The lowest BCUT2D eigenvalue weighted by atomic mass is 10.0. The minimum absolute atomic E-state index is 0.0886. The zero-order chi connectivity index (χ0) is 12.7. The second-order valence-corrected chi connectivity index (χ2v) is 4.20. The SMILES string of the molecule is CCN(CC)CCC(N)c1cccc(OC)c1. The fraction of sp³-hybridized carbons (Fsp3) is 0.571. The molecule has 0 aliphatic rings. The zero-order valence-corrected chi connectivity index (χ0v) is 11.1. The van der Waals surface area contributed by atoms with Gasteiger partial charge in [0, 0.05) is 6.04 Å². The Labute approximate surface area is 105 Å². The first-order valence-corrected chi connectivity index (χ1v) is 6.33. The van der Waals surface area contributed by atoms with E-state index in [4.69, 9.17) is 10.5 Å². The molecule has 1 aromatic carbocycles. The number of hydrogen-bond donors (Lipinski definition) is 1. The molecule has 1 rings (SSSR count). The molecular formula is C14H24N2O. The molecule has 0 radical (unpaired) electrons. The number of nitrogens with zero attached hydrogens (tertiary/aromatic N) is 1. The maximum absolute atomic E-state index is 6.19. The first kappa shape index (κ1) is 14.0. The molecule has 0 saturated heterocycles. The van der Waals surface area contributed by atoms with Gasteiger partial charge in [0.15, 0.2) is 0 Å². The molecule has 0 bridgehead atoms. The lowest BCUT2D eigenvalue weighted by Gasteiger charge is -2.20. The van der Waals surface area contributed by atoms with Gasteiger partial charge in [-0.05, 0) is 43.8 Å². The van der Waals surface area contributed by atoms with Crippen LogP contribution < -0.4 is 10.5 Å². The number of rotatable bonds is 7. The quantitative estimate of drug-likeness (QED) is 0.790. The zero-order valence-electron chi connectivity index (χ0n) is 11.1. The Morgan fingerprint density at radius 2 is 2.00 bits per heavy atom. The van der Waals surface area contributed by atoms with Crippen molar-refractivity contribution in [3.63, 3.8) is 0 Å². The minimum Gasteiger partial charge on any atom is -0.497 e. The highest BCUT2D eigenvalue weighted by Gasteiger charge is 2.08. The third-order valence-corrected chi connectivity index (χ3v) is 3.17. The predicted octanol–water partition coefficient (Wildman–Crippen LogP) is 2.43. The molecule has 1 aromatic rings. The van der Waals surface area contributed by atoms with Gasteiger partial charge in [-0.25, -0.2) is 0 Å². The van der Waals surface area contributed by atoms with E-state index in [0.717, 1.165) is 37.4 Å². The highest BCUT2D eigenvalue weighted by molar-refractivity contribution is 5.30. The van der Waals surface area contributed by atoms with Crippen LogP contribution in [0.5, 0.6) is 5.75 Å². The lowest BCUT2D eigenvalue weighted by Crippen LogP contribution is -2.27. The van der Waals surface area contributed by atoms with Gasteiger partial charge in [0.2, 0.25) is 0 Å². The predicted molar refractivity (Wildman–Crippen MR) is 72.3 cm³/mol. The van der Waals surface area contributed by atoms with Gasteiger partial charge in [0.05, 0.1) is 7.11 Å². The van der Waals surface area contributed by atoms with Crippen molar-refractivity contribution in [3.8, 4) is 5.75 Å². The molecule has 1 unspecified atom stereocenters. The van der Waals surface area contributed by atoms with Crippen LogP contribution in [0.1, 0.15) is 31.9 Å². The maximum atomic E-state index is 6.19. The fourth-order valence-electron chi connectivity index (χ4n) is 1.90. The van der Waals surface area contributed by atoms with Gasteiger partial charge in [-0.1, -0.05) is 26.0 Å². The highest BCUT2D eigenvalue weighted by Crippen LogP contribution is 2.19. The van der Waals surface area contributed by atoms with Crippen molar-refractivity contribution in [2.24, 2.45) is 5.73 Å². The summed E-state index contributed by atoms with van der Waals surface area (Å²) in [6.07, 6.45) is 0.981. The first-order valence-electron chi connectivity index (χ1n) is 6.33. The normalized spacial score (nSPS) is 12.8. The van der Waals surface area contributed by atoms with Crippen molar-refractivity contribution in [1.29, 1.82) is 0 Å². The first-order chi connectivity index (χ1) is 8.21. The van der Waals surface area contributed by atoms with Gasteiger partial charge in [0.1, 0.15) is 5.75 Å². The second-order valence-electron chi connectivity index (χ2n) is 4.20. The average molecular weight is 236 g/mol. The van der Waals surface area contributed by atoms with Crippen LogP contribution in [-0.4, -0.2) is 31.6 Å². The highest BCUT2D eigenvalue weighted by atomic mass is 16.5. The van der Waals surface area contributed by atoms with Crippen LogP contribution >= 0.6 is 0 Å². The second kappa shape index (κ2) is 7.30. The largest absolute Gasteiger partial charge is 0.497 e. The van der Waals surface area contributed by atoms with E-state index in [1.807, 2.05) is 18.2 Å². The van der Waals surface area contributed by atoms with Crippen LogP contribution in [0, 0.1) is 0 Å². The fourth-order valence-corrected chi connectivity index (χ4v) is 1.90. The number of nitrogens with two attached hydrogens (primary N) is 1. The Morgan fingerprint density at radius 3 is 2.59 bits per heavy atom. The Bertz CT molecular complexity index is 324. The van der Waals surface area contributed by atoms with Crippen LogP contribution in [0.4, 0.5) is 0 Å². The maximum Gasteiger partial charge on any atom is 0.119 e. The Balaban J connectivity index is 2.53. The molecule has 0 aliphatic heterocycles. The van der Waals surface area contributed by atoms with Gasteiger partial charge in [0.25, 0.3) is 0 Å². The average Bonchev–Trinajstić information content (AvgIpc) is 2.39. The summed E-state index contributed by atoms with van der Waals surface area (Å²) in [6, 6.07) is 8.11. The molecular weight excluding hydrogens is 212 g/mol. The van der Waals surface area contributed by atoms with E-state index in [-0.39, 0.29) is 6.04 Å². The van der Waals surface area contributed by atoms with E-state index in [9.17, 15) is 0 Å². The lowest BCUT2D eigenvalue weighted by molar-refractivity contribution is 0.290. The topological polar surface area (TPSA) is 38.5 Å². The molecule has 0 heterocycles. The van der Waals surface area contributed by atoms with E-state index < -0.39 is 0 Å². The van der Waals surface area contributed by atoms with Crippen molar-refractivity contribution >= 4 is 0 Å². The minimum atomic E-state index is 0.0886. The summed E-state index contributed by atoms with van der Waals surface area (Å²) in [5.74, 6) is 0.876. The number of methoxy groups -OCH3 is 1. The van der Waals surface area contributed by atoms with Crippen LogP contribution in [0.3, 0.4) is 0 Å². The van der Waals surface area contributed by atoms with Crippen LogP contribution in [0.25, 0.3) is 0 Å². The molecule has 0 aliphatic carbocycles. The van der Waals surface area contributed by atoms with Crippen LogP contribution in [0.2, 0.25) is 0 Å². The summed E-state index contributed by atoms with van der Waals surface area (Å²) < 4.78 is 5.21. The van der Waals surface area contributed by atoms with E-state index in [0.29, 0.717) is 0 Å². The Kier molecular flexibility index (Phi) is 6.01. The Hall–Kier alpha value is -1.06. The summed E-state index contributed by atoms with van der Waals surface area (Å²) in [4.78, 5) is 2.39. The summed E-state index contributed by atoms with van der Waals surface area (Å²) >= 11 is 0. The van der Waals surface area contributed by atoms with Gasteiger partial charge in [-0.3, -0.25) is 0 Å². The third kappa shape index (κ3) is 4.36. The molecule has 0 aromatic heterocycles. The van der Waals surface area contributed by atoms with E-state index in [1.54, 1.807) is 7.11 Å². The molecule has 3 nitrogen and oxygen atoms in total. The third-order valence-electron chi connectivity index (χ3n) is 3.17. The van der Waals surface area contributed by atoms with Crippen molar-refractivity contribution in [2.45, 2.75) is 26.3 Å². The molecule has 1 atom stereocenters. The van der Waals surface area contributed by atoms with E-state index >= 15 is 0 Å². The Morgan fingerprint density at radius 1 is 1.29 bits per heavy atom. The van der Waals surface area contributed by atoms with Crippen LogP contribution in [0.15, 0.2) is 24.3 Å². The summed E-state index contributed by atoms with van der Waals surface area (Å²) in [5.41, 5.74) is 7.34. The number of hydrogen-bond acceptors (Lipinski definition) is 3. The van der Waals surface area contributed by atoms with Gasteiger partial charge >= 0.3 is 0 Å². The van der Waals surface area contributed by atoms with Gasteiger partial charge < -0.3 is 15.4 Å². The summed E-state index contributed by atoms with van der Waals surface area (Å²) in [5, 5.41) is 0. The van der Waals surface area contributed by atoms with Crippen molar-refractivity contribution in [3.05, 3.63) is 29.8 Å². The number of ether oxygens (including phenoxy) is 1. The summed E-state index contributed by atoms with van der Waals surface area (Å²) in [6.45, 7) is 7.58. The molecule has 2 N–H and O–H groups in total. The molecule has 3 heteroatoms. The molecule has 17 heavy (non-hydrogen) atoms. The van der Waals surface area contributed by atoms with Crippen molar-refractivity contribution in [2.75, 3.05) is 26.7 Å². The monoisotopic (exact) mass is 236 g/mol. The van der Waals surface area contributed by atoms with Crippen molar-refractivity contribution in [1.82, 2.24) is 4.90 Å². The van der Waals surface area contributed by atoms with Crippen molar-refractivity contribution < 1.29 is 4.74 Å². The van der Waals surface area contributed by atoms with Gasteiger partial charge in [-0.15, -0.1) is 0 Å². The smallest absolute Gasteiger partial charge is 0.119 e. The molecule has 0 spiro atoms. The molecule has 0 saturated carbocycles. The standard InChI is InChI=1S/C14H24N2O/c1-4-16(5-2)10-9-14(15)12-7-6-8-13(11-12)17-3/h6-8,11,14H,4-5,9-10,15H2,1-3H3. The molecule has 96 valence electrons. The van der Waals surface area contributed by atoms with Gasteiger partial charge in [-0.2, -0.15) is 0 Å². The van der Waals surface area contributed by atoms with Crippen LogP contribution in [-0.2, 0) is 0 Å². The van der Waals surface area contributed by atoms with E-state index in [2.05, 4.69) is 24.8 Å². The molecule has 0 amide bonds. The molecule has 0 fully saturated rings.